The fraction of sp³-hybridized carbons (Fsp3) is 0.571. The SMILES string of the molecule is NCC1(O)C2CCC1Cc1ccccc1C2. The number of benzene rings is 1. The molecule has 2 aliphatic rings. The highest BCUT2D eigenvalue weighted by atomic mass is 16.3. The van der Waals surface area contributed by atoms with Crippen molar-refractivity contribution in [2.24, 2.45) is 17.6 Å². The maximum Gasteiger partial charge on any atom is 0.0831 e. The van der Waals surface area contributed by atoms with E-state index in [9.17, 15) is 5.11 Å². The van der Waals surface area contributed by atoms with E-state index in [1.165, 1.54) is 11.1 Å². The molecule has 86 valence electrons. The second-order valence-corrected chi connectivity index (χ2v) is 5.34. The predicted molar refractivity (Wildman–Crippen MR) is 64.1 cm³/mol. The van der Waals surface area contributed by atoms with Gasteiger partial charge in [0, 0.05) is 6.54 Å². The van der Waals surface area contributed by atoms with E-state index in [1.54, 1.807) is 0 Å². The van der Waals surface area contributed by atoms with Gasteiger partial charge in [0.25, 0.3) is 0 Å². The van der Waals surface area contributed by atoms with Crippen molar-refractivity contribution in [3.8, 4) is 0 Å². The molecule has 2 nitrogen and oxygen atoms in total. The van der Waals surface area contributed by atoms with Gasteiger partial charge < -0.3 is 10.8 Å². The van der Waals surface area contributed by atoms with Crippen LogP contribution in [0.1, 0.15) is 24.0 Å². The Labute approximate surface area is 96.5 Å². The molecule has 2 unspecified atom stereocenters. The summed E-state index contributed by atoms with van der Waals surface area (Å²) in [6.45, 7) is 0.413. The Hall–Kier alpha value is -0.860. The number of hydrogen-bond donors (Lipinski definition) is 2. The zero-order valence-corrected chi connectivity index (χ0v) is 9.52. The molecule has 3 rings (SSSR count). The molecule has 1 fully saturated rings. The van der Waals surface area contributed by atoms with Crippen molar-refractivity contribution in [3.05, 3.63) is 35.4 Å². The van der Waals surface area contributed by atoms with Gasteiger partial charge in [-0.25, -0.2) is 0 Å². The highest BCUT2D eigenvalue weighted by Gasteiger charge is 2.49. The first-order chi connectivity index (χ1) is 7.74. The predicted octanol–water partition coefficient (Wildman–Crippen LogP) is 1.50. The molecular weight excluding hydrogens is 198 g/mol. The lowest BCUT2D eigenvalue weighted by Crippen LogP contribution is -2.47. The van der Waals surface area contributed by atoms with Gasteiger partial charge in [-0.1, -0.05) is 24.3 Å². The normalized spacial score (nSPS) is 36.9. The van der Waals surface area contributed by atoms with Crippen LogP contribution in [0.25, 0.3) is 0 Å². The maximum absolute atomic E-state index is 10.7. The fourth-order valence-electron chi connectivity index (χ4n) is 3.61. The Morgan fingerprint density at radius 2 is 1.62 bits per heavy atom. The lowest BCUT2D eigenvalue weighted by atomic mass is 9.82. The molecule has 0 saturated heterocycles. The molecule has 0 heterocycles. The summed E-state index contributed by atoms with van der Waals surface area (Å²) in [4.78, 5) is 0. The summed E-state index contributed by atoms with van der Waals surface area (Å²) in [5.41, 5.74) is 8.04. The molecule has 0 spiro atoms. The molecular formula is C14H19NO. The Balaban J connectivity index is 2.03. The van der Waals surface area contributed by atoms with E-state index < -0.39 is 5.60 Å². The topological polar surface area (TPSA) is 46.2 Å². The van der Waals surface area contributed by atoms with Crippen LogP contribution in [0.2, 0.25) is 0 Å². The van der Waals surface area contributed by atoms with Crippen LogP contribution in [0.4, 0.5) is 0 Å². The zero-order chi connectivity index (χ0) is 11.2. The maximum atomic E-state index is 10.7. The smallest absolute Gasteiger partial charge is 0.0831 e. The first-order valence-electron chi connectivity index (χ1n) is 6.23. The summed E-state index contributed by atoms with van der Waals surface area (Å²) in [6.07, 6.45) is 4.26. The standard InChI is InChI=1S/C14H19NO/c15-9-14(16)12-5-6-13(14)8-11-4-2-1-3-10(11)7-12/h1-4,12-13,16H,5-9,15H2. The van der Waals surface area contributed by atoms with Gasteiger partial charge in [-0.15, -0.1) is 0 Å². The molecule has 0 radical (unpaired) electrons. The molecule has 0 aromatic heterocycles. The van der Waals surface area contributed by atoms with E-state index in [1.807, 2.05) is 0 Å². The molecule has 2 bridgehead atoms. The van der Waals surface area contributed by atoms with Crippen molar-refractivity contribution in [1.29, 1.82) is 0 Å². The van der Waals surface area contributed by atoms with E-state index in [-0.39, 0.29) is 0 Å². The minimum absolute atomic E-state index is 0.367. The van der Waals surface area contributed by atoms with Crippen LogP contribution in [0.5, 0.6) is 0 Å². The molecule has 16 heavy (non-hydrogen) atoms. The van der Waals surface area contributed by atoms with Gasteiger partial charge in [0.15, 0.2) is 0 Å². The fourth-order valence-corrected chi connectivity index (χ4v) is 3.61. The van der Waals surface area contributed by atoms with Crippen molar-refractivity contribution in [2.45, 2.75) is 31.3 Å². The summed E-state index contributed by atoms with van der Waals surface area (Å²) in [7, 11) is 0. The molecule has 2 heteroatoms. The van der Waals surface area contributed by atoms with Crippen LogP contribution in [0, 0.1) is 11.8 Å². The second kappa shape index (κ2) is 3.57. The number of hydrogen-bond acceptors (Lipinski definition) is 2. The van der Waals surface area contributed by atoms with Crippen molar-refractivity contribution < 1.29 is 5.11 Å². The van der Waals surface area contributed by atoms with E-state index in [0.29, 0.717) is 18.4 Å². The van der Waals surface area contributed by atoms with Gasteiger partial charge >= 0.3 is 0 Å². The van der Waals surface area contributed by atoms with Gasteiger partial charge in [-0.2, -0.15) is 0 Å². The van der Waals surface area contributed by atoms with Crippen LogP contribution >= 0.6 is 0 Å². The van der Waals surface area contributed by atoms with E-state index in [0.717, 1.165) is 25.7 Å². The van der Waals surface area contributed by atoms with Crippen LogP contribution in [-0.2, 0) is 12.8 Å². The van der Waals surface area contributed by atoms with Gasteiger partial charge in [0.05, 0.1) is 5.60 Å². The van der Waals surface area contributed by atoms with E-state index in [4.69, 9.17) is 5.73 Å². The van der Waals surface area contributed by atoms with Gasteiger partial charge in [-0.3, -0.25) is 0 Å². The highest BCUT2D eigenvalue weighted by Crippen LogP contribution is 2.46. The molecule has 0 amide bonds. The molecule has 2 aliphatic carbocycles. The number of rotatable bonds is 1. The molecule has 0 aliphatic heterocycles. The van der Waals surface area contributed by atoms with Crippen LogP contribution in [-0.4, -0.2) is 17.3 Å². The first kappa shape index (κ1) is 10.3. The third-order valence-corrected chi connectivity index (χ3v) is 4.66. The van der Waals surface area contributed by atoms with Gasteiger partial charge in [0.2, 0.25) is 0 Å². The second-order valence-electron chi connectivity index (χ2n) is 5.34. The average Bonchev–Trinajstić information content (AvgIpc) is 2.52. The Morgan fingerprint density at radius 3 is 2.06 bits per heavy atom. The van der Waals surface area contributed by atoms with Crippen LogP contribution in [0.3, 0.4) is 0 Å². The molecule has 1 aromatic rings. The van der Waals surface area contributed by atoms with Crippen molar-refractivity contribution >= 4 is 0 Å². The van der Waals surface area contributed by atoms with Gasteiger partial charge in [-0.05, 0) is 48.6 Å². The van der Waals surface area contributed by atoms with Crippen LogP contribution < -0.4 is 5.73 Å². The summed E-state index contributed by atoms with van der Waals surface area (Å²) in [5, 5.41) is 10.7. The summed E-state index contributed by atoms with van der Waals surface area (Å²) in [6, 6.07) is 8.60. The largest absolute Gasteiger partial charge is 0.388 e. The lowest BCUT2D eigenvalue weighted by molar-refractivity contribution is -0.0246. The number of fused-ring (bicyclic) bond motifs is 3. The van der Waals surface area contributed by atoms with Crippen LogP contribution in [0.15, 0.2) is 24.3 Å². The van der Waals surface area contributed by atoms with E-state index in [2.05, 4.69) is 24.3 Å². The van der Waals surface area contributed by atoms with Crippen molar-refractivity contribution in [2.75, 3.05) is 6.54 Å². The number of aliphatic hydroxyl groups is 1. The lowest BCUT2D eigenvalue weighted by Gasteiger charge is -2.32. The van der Waals surface area contributed by atoms with Crippen molar-refractivity contribution in [3.63, 3.8) is 0 Å². The zero-order valence-electron chi connectivity index (χ0n) is 9.52. The van der Waals surface area contributed by atoms with E-state index >= 15 is 0 Å². The Kier molecular flexibility index (Phi) is 2.30. The Bertz CT molecular complexity index is 368. The van der Waals surface area contributed by atoms with Crippen molar-refractivity contribution in [1.82, 2.24) is 0 Å². The molecule has 1 aromatic carbocycles. The molecule has 1 saturated carbocycles. The third-order valence-electron chi connectivity index (χ3n) is 4.66. The summed E-state index contributed by atoms with van der Waals surface area (Å²) in [5.74, 6) is 0.734. The monoisotopic (exact) mass is 217 g/mol. The minimum atomic E-state index is -0.612. The van der Waals surface area contributed by atoms with Gasteiger partial charge in [0.1, 0.15) is 0 Å². The third kappa shape index (κ3) is 1.33. The summed E-state index contributed by atoms with van der Waals surface area (Å²) >= 11 is 0. The quantitative estimate of drug-likeness (QED) is 0.749. The minimum Gasteiger partial charge on any atom is -0.388 e. The molecule has 2 atom stereocenters. The molecule has 3 N–H and O–H groups in total. The summed E-state index contributed by atoms with van der Waals surface area (Å²) < 4.78 is 0. The first-order valence-corrected chi connectivity index (χ1v) is 6.23. The Morgan fingerprint density at radius 1 is 1.12 bits per heavy atom. The highest BCUT2D eigenvalue weighted by molar-refractivity contribution is 5.31. The number of nitrogens with two attached hydrogens (primary N) is 1. The average molecular weight is 217 g/mol.